The molecule has 0 unspecified atom stereocenters. The van der Waals surface area contributed by atoms with E-state index in [1.807, 2.05) is 13.8 Å². The predicted molar refractivity (Wildman–Crippen MR) is 59.7 cm³/mol. The lowest BCUT2D eigenvalue weighted by molar-refractivity contribution is -0.139. The van der Waals surface area contributed by atoms with E-state index in [1.54, 1.807) is 0 Å². The minimum absolute atomic E-state index is 0.0198. The van der Waals surface area contributed by atoms with Crippen molar-refractivity contribution in [1.82, 2.24) is 0 Å². The summed E-state index contributed by atoms with van der Waals surface area (Å²) in [6, 6.07) is 0. The van der Waals surface area contributed by atoms with E-state index in [0.29, 0.717) is 12.8 Å². The second-order valence-electron chi connectivity index (χ2n) is 4.87. The van der Waals surface area contributed by atoms with E-state index < -0.39 is 5.41 Å². The molecule has 3 nitrogen and oxygen atoms in total. The first-order chi connectivity index (χ1) is 7.49. The van der Waals surface area contributed by atoms with Crippen LogP contribution in [-0.2, 0) is 14.3 Å². The van der Waals surface area contributed by atoms with E-state index >= 15 is 0 Å². The van der Waals surface area contributed by atoms with Gasteiger partial charge in [-0.3, -0.25) is 9.59 Å². The molecular weight excluding hydrogens is 204 g/mol. The number of ether oxygens (including phenoxy) is 1. The van der Waals surface area contributed by atoms with Crippen molar-refractivity contribution in [3.8, 4) is 0 Å². The monoisotopic (exact) mass is 220 g/mol. The highest BCUT2D eigenvalue weighted by Crippen LogP contribution is 2.45. The smallest absolute Gasteiger partial charge is 0.204 e. The molecule has 86 valence electrons. The molecule has 0 heterocycles. The molecule has 0 fully saturated rings. The maximum absolute atomic E-state index is 12.2. The number of allylic oxidation sites excluding steroid dienone is 4. The first kappa shape index (κ1) is 11.1. The van der Waals surface area contributed by atoms with E-state index in [2.05, 4.69) is 6.08 Å². The third-order valence-corrected chi connectivity index (χ3v) is 3.75. The standard InChI is InChI=1S/C13H16O3/c1-8-4-5-13(2)9(6-8)10(14)7-11(16-3)12(13)15/h4,7,9H,5-6H2,1-3H3/t9-,13+/m0/s1. The number of carbonyl (C=O) groups excluding carboxylic acids is 2. The molecule has 0 amide bonds. The van der Waals surface area contributed by atoms with Gasteiger partial charge in [0, 0.05) is 17.4 Å². The molecule has 0 aromatic heterocycles. The summed E-state index contributed by atoms with van der Waals surface area (Å²) in [7, 11) is 1.44. The Labute approximate surface area is 95.2 Å². The van der Waals surface area contributed by atoms with Gasteiger partial charge in [-0.25, -0.2) is 0 Å². The average molecular weight is 220 g/mol. The third kappa shape index (κ3) is 1.42. The first-order valence-corrected chi connectivity index (χ1v) is 5.49. The Morgan fingerprint density at radius 1 is 1.44 bits per heavy atom. The predicted octanol–water partition coefficient (Wildman–Crippen LogP) is 2.03. The van der Waals surface area contributed by atoms with Gasteiger partial charge in [-0.05, 0) is 19.8 Å². The van der Waals surface area contributed by atoms with Gasteiger partial charge in [0.1, 0.15) is 0 Å². The molecule has 0 aliphatic heterocycles. The van der Waals surface area contributed by atoms with Crippen LogP contribution in [0.3, 0.4) is 0 Å². The lowest BCUT2D eigenvalue weighted by atomic mass is 9.61. The zero-order chi connectivity index (χ0) is 11.9. The highest BCUT2D eigenvalue weighted by atomic mass is 16.5. The number of hydrogen-bond donors (Lipinski definition) is 0. The second-order valence-corrected chi connectivity index (χ2v) is 4.87. The summed E-state index contributed by atoms with van der Waals surface area (Å²) in [5.74, 6) is -0.0182. The lowest BCUT2D eigenvalue weighted by Gasteiger charge is -2.40. The molecule has 0 N–H and O–H groups in total. The minimum Gasteiger partial charge on any atom is -0.493 e. The van der Waals surface area contributed by atoms with Crippen LogP contribution in [0.5, 0.6) is 0 Å². The van der Waals surface area contributed by atoms with Crippen molar-refractivity contribution < 1.29 is 14.3 Å². The third-order valence-electron chi connectivity index (χ3n) is 3.75. The van der Waals surface area contributed by atoms with Crippen LogP contribution in [-0.4, -0.2) is 18.7 Å². The van der Waals surface area contributed by atoms with Gasteiger partial charge in [-0.2, -0.15) is 0 Å². The maximum atomic E-state index is 12.2. The summed E-state index contributed by atoms with van der Waals surface area (Å²) >= 11 is 0. The number of ketones is 2. The van der Waals surface area contributed by atoms with Gasteiger partial charge < -0.3 is 4.74 Å². The maximum Gasteiger partial charge on any atom is 0.204 e. The highest BCUT2D eigenvalue weighted by Gasteiger charge is 2.49. The second kappa shape index (κ2) is 3.58. The normalized spacial score (nSPS) is 34.1. The summed E-state index contributed by atoms with van der Waals surface area (Å²) in [6.07, 6.45) is 4.73. The highest BCUT2D eigenvalue weighted by molar-refractivity contribution is 6.11. The summed E-state index contributed by atoms with van der Waals surface area (Å²) in [5, 5.41) is 0. The molecule has 2 aliphatic rings. The first-order valence-electron chi connectivity index (χ1n) is 5.49. The van der Waals surface area contributed by atoms with Gasteiger partial charge in [0.25, 0.3) is 0 Å². The van der Waals surface area contributed by atoms with Gasteiger partial charge in [0.05, 0.1) is 7.11 Å². The number of rotatable bonds is 1. The van der Waals surface area contributed by atoms with Crippen molar-refractivity contribution in [2.45, 2.75) is 26.7 Å². The quantitative estimate of drug-likeness (QED) is 0.635. The van der Waals surface area contributed by atoms with E-state index in [4.69, 9.17) is 4.74 Å². The van der Waals surface area contributed by atoms with Gasteiger partial charge in [-0.15, -0.1) is 0 Å². The fourth-order valence-corrected chi connectivity index (χ4v) is 2.55. The Kier molecular flexibility index (Phi) is 2.49. The van der Waals surface area contributed by atoms with Crippen molar-refractivity contribution in [2.75, 3.05) is 7.11 Å². The van der Waals surface area contributed by atoms with Crippen LogP contribution in [0.4, 0.5) is 0 Å². The van der Waals surface area contributed by atoms with Crippen molar-refractivity contribution in [2.24, 2.45) is 11.3 Å². The van der Waals surface area contributed by atoms with Crippen molar-refractivity contribution in [3.63, 3.8) is 0 Å². The summed E-state index contributed by atoms with van der Waals surface area (Å²) in [6.45, 7) is 3.87. The molecule has 3 heteroatoms. The molecule has 0 radical (unpaired) electrons. The van der Waals surface area contributed by atoms with Crippen molar-refractivity contribution in [1.29, 1.82) is 0 Å². The van der Waals surface area contributed by atoms with Crippen LogP contribution in [0.15, 0.2) is 23.5 Å². The fourth-order valence-electron chi connectivity index (χ4n) is 2.55. The number of hydrogen-bond acceptors (Lipinski definition) is 3. The number of Topliss-reactive ketones (excluding diaryl/α,β-unsaturated/α-hetero) is 1. The Balaban J connectivity index is 2.46. The lowest BCUT2D eigenvalue weighted by Crippen LogP contribution is -2.45. The molecule has 2 aliphatic carbocycles. The Hall–Kier alpha value is -1.38. The van der Waals surface area contributed by atoms with Gasteiger partial charge in [0.15, 0.2) is 11.5 Å². The van der Waals surface area contributed by atoms with Crippen molar-refractivity contribution in [3.05, 3.63) is 23.5 Å². The SMILES string of the molecule is COC1=CC(=O)[C@@H]2CC(C)=CC[C@@]2(C)C1=O. The molecular formula is C13H16O3. The molecule has 2 rings (SSSR count). The Bertz CT molecular complexity index is 417. The molecule has 0 saturated carbocycles. The van der Waals surface area contributed by atoms with E-state index in [-0.39, 0.29) is 23.2 Å². The topological polar surface area (TPSA) is 43.4 Å². The summed E-state index contributed by atoms with van der Waals surface area (Å²) < 4.78 is 4.98. The van der Waals surface area contributed by atoms with Crippen LogP contribution in [0.2, 0.25) is 0 Å². The van der Waals surface area contributed by atoms with E-state index in [9.17, 15) is 9.59 Å². The number of methoxy groups -OCH3 is 1. The van der Waals surface area contributed by atoms with Crippen LogP contribution >= 0.6 is 0 Å². The van der Waals surface area contributed by atoms with Crippen LogP contribution < -0.4 is 0 Å². The summed E-state index contributed by atoms with van der Waals surface area (Å²) in [4.78, 5) is 24.1. The van der Waals surface area contributed by atoms with Crippen LogP contribution in [0, 0.1) is 11.3 Å². The van der Waals surface area contributed by atoms with E-state index in [1.165, 1.54) is 18.8 Å². The van der Waals surface area contributed by atoms with Crippen molar-refractivity contribution >= 4 is 11.6 Å². The van der Waals surface area contributed by atoms with Gasteiger partial charge in [-0.1, -0.05) is 18.6 Å². The van der Waals surface area contributed by atoms with Gasteiger partial charge >= 0.3 is 0 Å². The number of fused-ring (bicyclic) bond motifs is 1. The van der Waals surface area contributed by atoms with E-state index in [0.717, 1.165) is 0 Å². The van der Waals surface area contributed by atoms with Crippen LogP contribution in [0.1, 0.15) is 26.7 Å². The molecule has 2 atom stereocenters. The number of carbonyl (C=O) groups is 2. The molecule has 0 spiro atoms. The van der Waals surface area contributed by atoms with Gasteiger partial charge in [0.2, 0.25) is 5.78 Å². The molecule has 0 bridgehead atoms. The fraction of sp³-hybridized carbons (Fsp3) is 0.538. The average Bonchev–Trinajstić information content (AvgIpc) is 2.26. The molecule has 0 aromatic carbocycles. The zero-order valence-electron chi connectivity index (χ0n) is 9.87. The van der Waals surface area contributed by atoms with Crippen LogP contribution in [0.25, 0.3) is 0 Å². The molecule has 0 saturated heterocycles. The largest absolute Gasteiger partial charge is 0.493 e. The Morgan fingerprint density at radius 3 is 2.75 bits per heavy atom. The molecule has 16 heavy (non-hydrogen) atoms. The Morgan fingerprint density at radius 2 is 2.12 bits per heavy atom. The summed E-state index contributed by atoms with van der Waals surface area (Å²) in [5.41, 5.74) is 0.592. The zero-order valence-corrected chi connectivity index (χ0v) is 9.87. The minimum atomic E-state index is -0.601. The molecule has 0 aromatic rings.